The van der Waals surface area contributed by atoms with E-state index in [0.717, 1.165) is 37.1 Å². The van der Waals surface area contributed by atoms with Crippen LogP contribution in [0.15, 0.2) is 23.0 Å². The Labute approximate surface area is 156 Å². The van der Waals surface area contributed by atoms with Gasteiger partial charge in [0.25, 0.3) is 5.95 Å². The Morgan fingerprint density at radius 3 is 2.67 bits per heavy atom. The zero-order valence-electron chi connectivity index (χ0n) is 15.5. The number of methoxy groups -OCH3 is 1. The lowest BCUT2D eigenvalue weighted by molar-refractivity contribution is 0.329. The summed E-state index contributed by atoms with van der Waals surface area (Å²) >= 11 is 0. The van der Waals surface area contributed by atoms with Gasteiger partial charge >= 0.3 is 0 Å². The van der Waals surface area contributed by atoms with Gasteiger partial charge in [0.15, 0.2) is 11.6 Å². The van der Waals surface area contributed by atoms with Gasteiger partial charge < -0.3 is 19.1 Å². The Morgan fingerprint density at radius 2 is 2.00 bits per heavy atom. The van der Waals surface area contributed by atoms with Gasteiger partial charge in [0, 0.05) is 44.6 Å². The Morgan fingerprint density at radius 1 is 1.22 bits per heavy atom. The molecule has 3 aromatic rings. The fourth-order valence-electron chi connectivity index (χ4n) is 3.37. The van der Waals surface area contributed by atoms with E-state index in [2.05, 4.69) is 25.0 Å². The van der Waals surface area contributed by atoms with Crippen LogP contribution in [0.3, 0.4) is 0 Å². The van der Waals surface area contributed by atoms with Crippen LogP contribution in [0.1, 0.15) is 24.7 Å². The highest BCUT2D eigenvalue weighted by Crippen LogP contribution is 2.34. The summed E-state index contributed by atoms with van der Waals surface area (Å²) in [7, 11) is 5.22. The van der Waals surface area contributed by atoms with Crippen LogP contribution in [-0.4, -0.2) is 54.4 Å². The molecule has 1 aromatic carbocycles. The summed E-state index contributed by atoms with van der Waals surface area (Å²) < 4.78 is 24.5. The van der Waals surface area contributed by atoms with E-state index in [0.29, 0.717) is 17.4 Å². The first-order chi connectivity index (χ1) is 13.1. The van der Waals surface area contributed by atoms with Crippen LogP contribution in [-0.2, 0) is 0 Å². The summed E-state index contributed by atoms with van der Waals surface area (Å²) in [6, 6.07) is 3.04. The van der Waals surface area contributed by atoms with Crippen molar-refractivity contribution in [2.45, 2.75) is 18.8 Å². The summed E-state index contributed by atoms with van der Waals surface area (Å²) in [6.07, 6.45) is 3.22. The first kappa shape index (κ1) is 17.4. The average molecular weight is 372 g/mol. The monoisotopic (exact) mass is 372 g/mol. The molecule has 2 aromatic heterocycles. The molecular formula is C18H21FN6O2. The number of fused-ring (bicyclic) bond motifs is 1. The Kier molecular flexibility index (Phi) is 4.51. The van der Waals surface area contributed by atoms with Crippen molar-refractivity contribution in [3.63, 3.8) is 0 Å². The molecule has 4 rings (SSSR count). The van der Waals surface area contributed by atoms with Crippen molar-refractivity contribution >= 4 is 22.7 Å². The smallest absolute Gasteiger partial charge is 0.265 e. The van der Waals surface area contributed by atoms with Gasteiger partial charge in [0.2, 0.25) is 5.89 Å². The molecule has 0 atom stereocenters. The molecule has 0 saturated carbocycles. The molecule has 1 aliphatic rings. The van der Waals surface area contributed by atoms with Gasteiger partial charge in [-0.15, -0.1) is 0 Å². The number of ether oxygens (including phenoxy) is 1. The van der Waals surface area contributed by atoms with Gasteiger partial charge in [-0.25, -0.2) is 14.4 Å². The summed E-state index contributed by atoms with van der Waals surface area (Å²) in [4.78, 5) is 17.1. The minimum absolute atomic E-state index is 0.190. The van der Waals surface area contributed by atoms with Crippen molar-refractivity contribution in [3.05, 3.63) is 30.2 Å². The van der Waals surface area contributed by atoms with Gasteiger partial charge in [-0.05, 0) is 24.1 Å². The molecule has 1 saturated heterocycles. The summed E-state index contributed by atoms with van der Waals surface area (Å²) in [6.45, 7) is 1.58. The van der Waals surface area contributed by atoms with Crippen molar-refractivity contribution < 1.29 is 13.7 Å². The van der Waals surface area contributed by atoms with Gasteiger partial charge in [0.1, 0.15) is 12.1 Å². The fraction of sp³-hybridized carbons (Fsp3) is 0.444. The second kappa shape index (κ2) is 6.98. The van der Waals surface area contributed by atoms with Crippen LogP contribution in [0.2, 0.25) is 0 Å². The highest BCUT2D eigenvalue weighted by atomic mass is 19.1. The molecule has 27 heavy (non-hydrogen) atoms. The quantitative estimate of drug-likeness (QED) is 0.691. The van der Waals surface area contributed by atoms with E-state index in [-0.39, 0.29) is 11.7 Å². The normalized spacial score (nSPS) is 15.3. The summed E-state index contributed by atoms with van der Waals surface area (Å²) in [5.74, 6) is 2.04. The van der Waals surface area contributed by atoms with E-state index in [9.17, 15) is 4.39 Å². The second-order valence-corrected chi connectivity index (χ2v) is 6.79. The molecule has 0 amide bonds. The maximum atomic E-state index is 14.0. The predicted molar refractivity (Wildman–Crippen MR) is 98.9 cm³/mol. The summed E-state index contributed by atoms with van der Waals surface area (Å²) in [5, 5.41) is 4.77. The lowest BCUT2D eigenvalue weighted by Crippen LogP contribution is -2.33. The lowest BCUT2D eigenvalue weighted by atomic mass is 9.96. The number of hydrogen-bond acceptors (Lipinski definition) is 8. The third-order valence-electron chi connectivity index (χ3n) is 4.86. The minimum atomic E-state index is -0.429. The van der Waals surface area contributed by atoms with E-state index in [1.807, 2.05) is 19.0 Å². The Bertz CT molecular complexity index is 952. The minimum Gasteiger partial charge on any atom is -0.494 e. The highest BCUT2D eigenvalue weighted by Gasteiger charge is 2.27. The van der Waals surface area contributed by atoms with Crippen LogP contribution in [0, 0.1) is 5.82 Å². The van der Waals surface area contributed by atoms with E-state index >= 15 is 0 Å². The van der Waals surface area contributed by atoms with Gasteiger partial charge in [-0.2, -0.15) is 4.98 Å². The van der Waals surface area contributed by atoms with Crippen LogP contribution < -0.4 is 14.5 Å². The highest BCUT2D eigenvalue weighted by molar-refractivity contribution is 5.90. The zero-order chi connectivity index (χ0) is 19.0. The van der Waals surface area contributed by atoms with Crippen LogP contribution in [0.4, 0.5) is 16.2 Å². The largest absolute Gasteiger partial charge is 0.494 e. The van der Waals surface area contributed by atoms with Crippen molar-refractivity contribution in [1.82, 2.24) is 20.1 Å². The van der Waals surface area contributed by atoms with Crippen LogP contribution in [0.5, 0.6) is 5.75 Å². The van der Waals surface area contributed by atoms with Crippen LogP contribution >= 0.6 is 0 Å². The average Bonchev–Trinajstić information content (AvgIpc) is 3.17. The van der Waals surface area contributed by atoms with Gasteiger partial charge in [0.05, 0.1) is 12.6 Å². The van der Waals surface area contributed by atoms with E-state index in [1.54, 1.807) is 6.07 Å². The molecule has 9 heteroatoms. The number of halogens is 1. The number of anilines is 2. The number of benzene rings is 1. The SMILES string of the molecule is COc1cc2c(N3CCC(c4nc(N(C)C)no4)CC3)ncnc2cc1F. The number of rotatable bonds is 4. The Hall–Kier alpha value is -2.97. The molecule has 0 radical (unpaired) electrons. The topological polar surface area (TPSA) is 80.4 Å². The van der Waals surface area contributed by atoms with Crippen molar-refractivity contribution in [3.8, 4) is 5.75 Å². The van der Waals surface area contributed by atoms with E-state index < -0.39 is 5.82 Å². The van der Waals surface area contributed by atoms with E-state index in [1.165, 1.54) is 19.5 Å². The molecule has 8 nitrogen and oxygen atoms in total. The number of aromatic nitrogens is 4. The number of piperidine rings is 1. The molecule has 0 aliphatic carbocycles. The molecule has 1 fully saturated rings. The maximum absolute atomic E-state index is 14.0. The van der Waals surface area contributed by atoms with Crippen molar-refractivity contribution in [2.75, 3.05) is 44.1 Å². The molecular weight excluding hydrogens is 351 g/mol. The first-order valence-electron chi connectivity index (χ1n) is 8.81. The third kappa shape index (κ3) is 3.24. The molecule has 0 bridgehead atoms. The van der Waals surface area contributed by atoms with Crippen molar-refractivity contribution in [1.29, 1.82) is 0 Å². The molecule has 1 aliphatic heterocycles. The molecule has 0 N–H and O–H groups in total. The molecule has 142 valence electrons. The summed E-state index contributed by atoms with van der Waals surface area (Å²) in [5.41, 5.74) is 0.563. The zero-order valence-corrected chi connectivity index (χ0v) is 15.5. The fourth-order valence-corrected chi connectivity index (χ4v) is 3.37. The predicted octanol–water partition coefficient (Wildman–Crippen LogP) is 2.61. The maximum Gasteiger partial charge on any atom is 0.265 e. The molecule has 3 heterocycles. The number of hydrogen-bond donors (Lipinski definition) is 0. The number of nitrogens with zero attached hydrogens (tertiary/aromatic N) is 6. The van der Waals surface area contributed by atoms with Crippen LogP contribution in [0.25, 0.3) is 10.9 Å². The van der Waals surface area contributed by atoms with Crippen molar-refractivity contribution in [2.24, 2.45) is 0 Å². The first-order valence-corrected chi connectivity index (χ1v) is 8.81. The molecule has 0 unspecified atom stereocenters. The Balaban J connectivity index is 1.55. The standard InChI is InChI=1S/C18H21FN6O2/c1-24(2)18-22-17(27-23-18)11-4-6-25(7-5-11)16-12-8-15(26-3)13(19)9-14(12)20-10-21-16/h8-11H,4-7H2,1-3H3. The second-order valence-electron chi connectivity index (χ2n) is 6.79. The lowest BCUT2D eigenvalue weighted by Gasteiger charge is -2.31. The molecule has 0 spiro atoms. The van der Waals surface area contributed by atoms with Gasteiger partial charge in [-0.3, -0.25) is 0 Å². The third-order valence-corrected chi connectivity index (χ3v) is 4.86. The van der Waals surface area contributed by atoms with E-state index in [4.69, 9.17) is 9.26 Å². The van der Waals surface area contributed by atoms with Gasteiger partial charge in [-0.1, -0.05) is 0 Å².